The number of aromatic nitrogens is 2. The van der Waals surface area contributed by atoms with Gasteiger partial charge >= 0.3 is 0 Å². The van der Waals surface area contributed by atoms with Crippen LogP contribution in [0.1, 0.15) is 44.4 Å². The van der Waals surface area contributed by atoms with E-state index in [1.165, 1.54) is 12.8 Å². The van der Waals surface area contributed by atoms with E-state index in [1.807, 2.05) is 17.8 Å². The maximum absolute atomic E-state index is 12.3. The molecule has 0 saturated carbocycles. The zero-order chi connectivity index (χ0) is 16.2. The number of hydrogen-bond acceptors (Lipinski definition) is 4. The molecule has 1 aromatic heterocycles. The fourth-order valence-electron chi connectivity index (χ4n) is 3.51. The Balaban J connectivity index is 1.47. The predicted octanol–water partition coefficient (Wildman–Crippen LogP) is 1.49. The summed E-state index contributed by atoms with van der Waals surface area (Å²) in [6.07, 6.45) is 7.78. The summed E-state index contributed by atoms with van der Waals surface area (Å²) >= 11 is 0. The summed E-state index contributed by atoms with van der Waals surface area (Å²) in [5.74, 6) is 0.944. The normalized spacial score (nSPS) is 27.0. The summed E-state index contributed by atoms with van der Waals surface area (Å²) in [7, 11) is 1.98. The van der Waals surface area contributed by atoms with Crippen LogP contribution in [0.3, 0.4) is 0 Å². The van der Waals surface area contributed by atoms with Crippen molar-refractivity contribution in [1.29, 1.82) is 0 Å². The van der Waals surface area contributed by atoms with Crippen molar-refractivity contribution in [3.05, 3.63) is 18.2 Å². The number of hydrogen-bond donors (Lipinski definition) is 1. The number of aryl methyl sites for hydroxylation is 1. The highest BCUT2D eigenvalue weighted by molar-refractivity contribution is 5.78. The van der Waals surface area contributed by atoms with Crippen LogP contribution >= 0.6 is 0 Å². The highest BCUT2D eigenvalue weighted by atomic mass is 16.5. The minimum absolute atomic E-state index is 0.0254. The number of ether oxygens (including phenoxy) is 1. The van der Waals surface area contributed by atoms with E-state index in [1.54, 1.807) is 6.33 Å². The van der Waals surface area contributed by atoms with E-state index in [-0.39, 0.29) is 18.1 Å². The third kappa shape index (κ3) is 4.32. The minimum atomic E-state index is 0.0254. The molecule has 2 aliphatic heterocycles. The first kappa shape index (κ1) is 16.5. The van der Waals surface area contributed by atoms with Gasteiger partial charge in [0.1, 0.15) is 6.10 Å². The molecular weight excluding hydrogens is 292 g/mol. The second-order valence-corrected chi connectivity index (χ2v) is 7.04. The number of nitrogens with one attached hydrogen (secondary N) is 1. The van der Waals surface area contributed by atoms with Gasteiger partial charge in [-0.2, -0.15) is 0 Å². The van der Waals surface area contributed by atoms with Crippen molar-refractivity contribution in [3.8, 4) is 0 Å². The van der Waals surface area contributed by atoms with Crippen molar-refractivity contribution in [1.82, 2.24) is 19.8 Å². The maximum atomic E-state index is 12.3. The van der Waals surface area contributed by atoms with E-state index in [0.29, 0.717) is 13.2 Å². The fraction of sp³-hybridized carbons (Fsp3) is 0.765. The van der Waals surface area contributed by atoms with Crippen LogP contribution < -0.4 is 5.32 Å². The van der Waals surface area contributed by atoms with Gasteiger partial charge < -0.3 is 14.6 Å². The van der Waals surface area contributed by atoms with E-state index in [4.69, 9.17) is 4.74 Å². The molecule has 0 bridgehead atoms. The van der Waals surface area contributed by atoms with Gasteiger partial charge in [-0.3, -0.25) is 9.69 Å². The van der Waals surface area contributed by atoms with Gasteiger partial charge in [0.2, 0.25) is 5.91 Å². The Morgan fingerprint density at radius 3 is 2.87 bits per heavy atom. The molecule has 2 atom stereocenters. The van der Waals surface area contributed by atoms with Crippen LogP contribution in [-0.2, 0) is 16.6 Å². The Hall–Kier alpha value is -1.40. The molecule has 2 saturated heterocycles. The summed E-state index contributed by atoms with van der Waals surface area (Å²) in [4.78, 5) is 18.7. The number of rotatable bonds is 4. The Labute approximate surface area is 138 Å². The number of piperidine rings is 1. The van der Waals surface area contributed by atoms with Crippen molar-refractivity contribution in [2.75, 3.05) is 26.2 Å². The Morgan fingerprint density at radius 1 is 1.39 bits per heavy atom. The number of likely N-dealkylation sites (tertiary alicyclic amines) is 1. The number of imidazole rings is 1. The Bertz CT molecular complexity index is 522. The molecule has 1 aromatic rings. The van der Waals surface area contributed by atoms with Gasteiger partial charge in [-0.05, 0) is 44.7 Å². The molecule has 6 heteroatoms. The van der Waals surface area contributed by atoms with Crippen LogP contribution in [0, 0.1) is 5.92 Å². The summed E-state index contributed by atoms with van der Waals surface area (Å²) in [6.45, 7) is 5.58. The first-order chi connectivity index (χ1) is 11.1. The highest BCUT2D eigenvalue weighted by Crippen LogP contribution is 2.27. The standard InChI is InChI=1S/C17H28N4O2/c1-13-3-6-21(7-4-13)11-17(22)19-14-5-8-23-16(9-14)15-10-18-12-20(15)2/h10,12-14,16H,3-9,11H2,1-2H3,(H,19,22)/t14-,16-/m1/s1. The zero-order valence-electron chi connectivity index (χ0n) is 14.2. The summed E-state index contributed by atoms with van der Waals surface area (Å²) < 4.78 is 7.84. The first-order valence-electron chi connectivity index (χ1n) is 8.71. The topological polar surface area (TPSA) is 59.4 Å². The molecule has 0 aromatic carbocycles. The van der Waals surface area contributed by atoms with E-state index in [2.05, 4.69) is 22.1 Å². The molecule has 0 aliphatic carbocycles. The average molecular weight is 320 g/mol. The van der Waals surface area contributed by atoms with Crippen molar-refractivity contribution in [3.63, 3.8) is 0 Å². The number of nitrogens with zero attached hydrogens (tertiary/aromatic N) is 3. The number of carbonyl (C=O) groups excluding carboxylic acids is 1. The molecule has 3 rings (SSSR count). The lowest BCUT2D eigenvalue weighted by Crippen LogP contribution is -2.46. The predicted molar refractivity (Wildman–Crippen MR) is 87.9 cm³/mol. The molecular formula is C17H28N4O2. The van der Waals surface area contributed by atoms with Gasteiger partial charge in [-0.1, -0.05) is 6.92 Å². The van der Waals surface area contributed by atoms with E-state index in [0.717, 1.165) is 37.5 Å². The highest BCUT2D eigenvalue weighted by Gasteiger charge is 2.27. The SMILES string of the molecule is CC1CCN(CC(=O)N[C@@H]2CCO[C@@H](c3cncn3C)C2)CC1. The van der Waals surface area contributed by atoms with Crippen molar-refractivity contribution < 1.29 is 9.53 Å². The molecule has 1 amide bonds. The smallest absolute Gasteiger partial charge is 0.234 e. The summed E-state index contributed by atoms with van der Waals surface area (Å²) in [6, 6.07) is 0.194. The molecule has 128 valence electrons. The second-order valence-electron chi connectivity index (χ2n) is 7.04. The first-order valence-corrected chi connectivity index (χ1v) is 8.71. The lowest BCUT2D eigenvalue weighted by atomic mass is 9.99. The molecule has 1 N–H and O–H groups in total. The van der Waals surface area contributed by atoms with Crippen molar-refractivity contribution in [2.24, 2.45) is 13.0 Å². The van der Waals surface area contributed by atoms with Gasteiger partial charge in [0, 0.05) is 19.7 Å². The molecule has 6 nitrogen and oxygen atoms in total. The lowest BCUT2D eigenvalue weighted by molar-refractivity contribution is -0.124. The van der Waals surface area contributed by atoms with E-state index in [9.17, 15) is 4.79 Å². The number of carbonyl (C=O) groups is 1. The van der Waals surface area contributed by atoms with E-state index >= 15 is 0 Å². The third-order valence-electron chi connectivity index (χ3n) is 5.08. The van der Waals surface area contributed by atoms with Gasteiger partial charge in [0.05, 0.1) is 24.8 Å². The van der Waals surface area contributed by atoms with Crippen LogP contribution in [0.4, 0.5) is 0 Å². The average Bonchev–Trinajstić information content (AvgIpc) is 2.96. The largest absolute Gasteiger partial charge is 0.372 e. The molecule has 0 unspecified atom stereocenters. The molecule has 23 heavy (non-hydrogen) atoms. The van der Waals surface area contributed by atoms with Crippen LogP contribution in [0.5, 0.6) is 0 Å². The van der Waals surface area contributed by atoms with Crippen LogP contribution in [0.15, 0.2) is 12.5 Å². The van der Waals surface area contributed by atoms with Gasteiger partial charge in [-0.15, -0.1) is 0 Å². The maximum Gasteiger partial charge on any atom is 0.234 e. The Kier molecular flexibility index (Phi) is 5.33. The zero-order valence-corrected chi connectivity index (χ0v) is 14.2. The van der Waals surface area contributed by atoms with Crippen LogP contribution in [0.2, 0.25) is 0 Å². The van der Waals surface area contributed by atoms with Crippen molar-refractivity contribution in [2.45, 2.75) is 44.8 Å². The molecule has 2 aliphatic rings. The van der Waals surface area contributed by atoms with E-state index < -0.39 is 0 Å². The number of amides is 1. The lowest BCUT2D eigenvalue weighted by Gasteiger charge is -2.32. The quantitative estimate of drug-likeness (QED) is 0.913. The minimum Gasteiger partial charge on any atom is -0.372 e. The second kappa shape index (κ2) is 7.45. The van der Waals surface area contributed by atoms with Gasteiger partial charge in [-0.25, -0.2) is 4.98 Å². The van der Waals surface area contributed by atoms with Crippen LogP contribution in [0.25, 0.3) is 0 Å². The van der Waals surface area contributed by atoms with Crippen molar-refractivity contribution >= 4 is 5.91 Å². The van der Waals surface area contributed by atoms with Crippen LogP contribution in [-0.4, -0.2) is 52.6 Å². The third-order valence-corrected chi connectivity index (χ3v) is 5.08. The van der Waals surface area contributed by atoms with Gasteiger partial charge in [0.25, 0.3) is 0 Å². The van der Waals surface area contributed by atoms with Gasteiger partial charge in [0.15, 0.2) is 0 Å². The summed E-state index contributed by atoms with van der Waals surface area (Å²) in [5.41, 5.74) is 1.08. The molecule has 0 spiro atoms. The Morgan fingerprint density at radius 2 is 2.17 bits per heavy atom. The molecule has 3 heterocycles. The monoisotopic (exact) mass is 320 g/mol. The molecule has 2 fully saturated rings. The summed E-state index contributed by atoms with van der Waals surface area (Å²) in [5, 5.41) is 3.20. The molecule has 0 radical (unpaired) electrons. The fourth-order valence-corrected chi connectivity index (χ4v) is 3.51.